The van der Waals surface area contributed by atoms with Crippen molar-refractivity contribution in [3.05, 3.63) is 78.1 Å². The first kappa shape index (κ1) is 20.5. The van der Waals surface area contributed by atoms with Gasteiger partial charge in [0.25, 0.3) is 11.8 Å². The van der Waals surface area contributed by atoms with E-state index in [9.17, 15) is 14.4 Å². The lowest BCUT2D eigenvalue weighted by Gasteiger charge is -2.26. The van der Waals surface area contributed by atoms with Gasteiger partial charge in [0.05, 0.1) is 12.3 Å². The average molecular weight is 434 g/mol. The molecule has 156 valence electrons. The van der Waals surface area contributed by atoms with Crippen LogP contribution in [0.25, 0.3) is 6.08 Å². The van der Waals surface area contributed by atoms with Crippen molar-refractivity contribution in [2.24, 2.45) is 0 Å². The predicted molar refractivity (Wildman–Crippen MR) is 116 cm³/mol. The molecule has 1 N–H and O–H groups in total. The van der Waals surface area contributed by atoms with Gasteiger partial charge < -0.3 is 9.15 Å². The molecule has 1 aromatic heterocycles. The molecule has 0 bridgehead atoms. The molecule has 0 unspecified atom stereocenters. The molecule has 1 aliphatic heterocycles. The molecular weight excluding hydrogens is 416 g/mol. The zero-order valence-corrected chi connectivity index (χ0v) is 17.3. The van der Waals surface area contributed by atoms with Gasteiger partial charge in [0.2, 0.25) is 0 Å². The molecule has 2 aromatic carbocycles. The molecule has 0 radical (unpaired) electrons. The number of benzene rings is 2. The van der Waals surface area contributed by atoms with E-state index in [2.05, 4.69) is 5.32 Å². The van der Waals surface area contributed by atoms with E-state index in [1.54, 1.807) is 36.4 Å². The van der Waals surface area contributed by atoms with Crippen LogP contribution in [0.2, 0.25) is 0 Å². The normalized spacial score (nSPS) is 15.3. The van der Waals surface area contributed by atoms with Crippen LogP contribution in [0.15, 0.2) is 86.7 Å². The number of hydrogen-bond acceptors (Lipinski definition) is 6. The first-order chi connectivity index (χ1) is 15.0. The van der Waals surface area contributed by atoms with E-state index in [4.69, 9.17) is 9.15 Å². The van der Waals surface area contributed by atoms with Gasteiger partial charge in [0.15, 0.2) is 5.09 Å². The van der Waals surface area contributed by atoms with Crippen LogP contribution in [0.5, 0.6) is 5.75 Å². The number of hydrogen-bond donors (Lipinski definition) is 1. The van der Waals surface area contributed by atoms with Gasteiger partial charge in [-0.2, -0.15) is 0 Å². The third-order valence-electron chi connectivity index (χ3n) is 4.36. The molecule has 1 fully saturated rings. The van der Waals surface area contributed by atoms with E-state index in [0.717, 1.165) is 9.80 Å². The number of nitrogens with zero attached hydrogens (tertiary/aromatic N) is 1. The van der Waals surface area contributed by atoms with Crippen LogP contribution in [0.1, 0.15) is 12.7 Å². The van der Waals surface area contributed by atoms with Gasteiger partial charge in [-0.15, -0.1) is 0 Å². The maximum absolute atomic E-state index is 13.0. The monoisotopic (exact) mass is 434 g/mol. The summed E-state index contributed by atoms with van der Waals surface area (Å²) in [6.07, 6.45) is 1.33. The number of urea groups is 1. The Bertz CT molecular complexity index is 1150. The minimum Gasteiger partial charge on any atom is -0.494 e. The number of anilines is 1. The lowest BCUT2D eigenvalue weighted by Crippen LogP contribution is -2.54. The predicted octanol–water partition coefficient (Wildman–Crippen LogP) is 4.50. The Morgan fingerprint density at radius 1 is 1.00 bits per heavy atom. The minimum atomic E-state index is -0.809. The molecule has 4 amide bonds. The molecule has 0 aliphatic carbocycles. The minimum absolute atomic E-state index is 0.195. The van der Waals surface area contributed by atoms with Crippen molar-refractivity contribution >= 4 is 41.4 Å². The summed E-state index contributed by atoms with van der Waals surface area (Å²) in [5.74, 6) is -0.558. The summed E-state index contributed by atoms with van der Waals surface area (Å²) >= 11 is 1.42. The van der Waals surface area contributed by atoms with E-state index in [-0.39, 0.29) is 5.57 Å². The van der Waals surface area contributed by atoms with Gasteiger partial charge in [-0.1, -0.05) is 30.0 Å². The number of nitrogens with one attached hydrogen (secondary N) is 1. The summed E-state index contributed by atoms with van der Waals surface area (Å²) in [6.45, 7) is 2.36. The van der Waals surface area contributed by atoms with Crippen LogP contribution in [0.3, 0.4) is 0 Å². The quantitative estimate of drug-likeness (QED) is 0.454. The topological polar surface area (TPSA) is 88.8 Å². The molecule has 1 aliphatic rings. The second kappa shape index (κ2) is 8.93. The zero-order chi connectivity index (χ0) is 21.8. The Morgan fingerprint density at radius 3 is 2.45 bits per heavy atom. The van der Waals surface area contributed by atoms with Crippen LogP contribution in [-0.2, 0) is 9.59 Å². The van der Waals surface area contributed by atoms with Crippen molar-refractivity contribution in [2.45, 2.75) is 16.9 Å². The van der Waals surface area contributed by atoms with E-state index in [1.165, 1.54) is 17.8 Å². The highest BCUT2D eigenvalue weighted by atomic mass is 32.2. The number of rotatable bonds is 6. The smallest absolute Gasteiger partial charge is 0.335 e. The molecule has 0 spiro atoms. The molecule has 2 heterocycles. The van der Waals surface area contributed by atoms with Gasteiger partial charge in [-0.3, -0.25) is 14.9 Å². The maximum atomic E-state index is 13.0. The molecule has 31 heavy (non-hydrogen) atoms. The molecule has 1 saturated heterocycles. The zero-order valence-electron chi connectivity index (χ0n) is 16.5. The van der Waals surface area contributed by atoms with E-state index < -0.39 is 17.8 Å². The number of carbonyl (C=O) groups excluding carboxylic acids is 3. The summed E-state index contributed by atoms with van der Waals surface area (Å²) < 4.78 is 11.1. The summed E-state index contributed by atoms with van der Waals surface area (Å²) in [5.41, 5.74) is 0.128. The summed E-state index contributed by atoms with van der Waals surface area (Å²) in [4.78, 5) is 39.5. The summed E-state index contributed by atoms with van der Waals surface area (Å²) in [6, 6.07) is 18.7. The lowest BCUT2D eigenvalue weighted by atomic mass is 10.1. The van der Waals surface area contributed by atoms with Crippen LogP contribution in [-0.4, -0.2) is 24.5 Å². The number of carbonyl (C=O) groups is 3. The Hall–Kier alpha value is -3.78. The molecule has 4 rings (SSSR count). The molecule has 7 nitrogen and oxygen atoms in total. The Kier molecular flexibility index (Phi) is 5.90. The van der Waals surface area contributed by atoms with Crippen LogP contribution in [0.4, 0.5) is 10.5 Å². The van der Waals surface area contributed by atoms with Gasteiger partial charge in [-0.25, -0.2) is 9.69 Å². The van der Waals surface area contributed by atoms with E-state index in [1.807, 2.05) is 37.3 Å². The van der Waals surface area contributed by atoms with Crippen molar-refractivity contribution in [3.8, 4) is 5.75 Å². The van der Waals surface area contributed by atoms with Crippen molar-refractivity contribution in [1.29, 1.82) is 0 Å². The number of ether oxygens (including phenoxy) is 1. The standard InChI is InChI=1S/C23H18N2O5S/c1-2-29-16-10-8-15(9-11-16)25-22(27)19(21(26)24-23(25)28)14-17-12-13-20(30-17)31-18-6-4-3-5-7-18/h3-14H,2H2,1H3,(H,24,26,28)/b19-14-. The number of imide groups is 2. The van der Waals surface area contributed by atoms with Crippen LogP contribution < -0.4 is 15.0 Å². The maximum Gasteiger partial charge on any atom is 0.335 e. The highest BCUT2D eigenvalue weighted by Gasteiger charge is 2.37. The molecule has 3 aromatic rings. The first-order valence-electron chi connectivity index (χ1n) is 9.52. The average Bonchev–Trinajstić information content (AvgIpc) is 3.20. The summed E-state index contributed by atoms with van der Waals surface area (Å²) in [5, 5.41) is 2.81. The highest BCUT2D eigenvalue weighted by molar-refractivity contribution is 7.99. The number of furan rings is 1. The Balaban J connectivity index is 1.57. The fourth-order valence-electron chi connectivity index (χ4n) is 2.96. The summed E-state index contributed by atoms with van der Waals surface area (Å²) in [7, 11) is 0. The highest BCUT2D eigenvalue weighted by Crippen LogP contribution is 2.30. The Morgan fingerprint density at radius 2 is 1.74 bits per heavy atom. The SMILES string of the molecule is CCOc1ccc(N2C(=O)NC(=O)/C(=C/c3ccc(Sc4ccccc4)o3)C2=O)cc1. The number of amides is 4. The van der Waals surface area contributed by atoms with Crippen LogP contribution >= 0.6 is 11.8 Å². The Labute approximate surface area is 182 Å². The fraction of sp³-hybridized carbons (Fsp3) is 0.0870. The fourth-order valence-corrected chi connectivity index (χ4v) is 3.76. The van der Waals surface area contributed by atoms with Crippen LogP contribution in [0, 0.1) is 0 Å². The third-order valence-corrected chi connectivity index (χ3v) is 5.29. The first-order valence-corrected chi connectivity index (χ1v) is 10.3. The van der Waals surface area contributed by atoms with E-state index >= 15 is 0 Å². The van der Waals surface area contributed by atoms with Crippen molar-refractivity contribution in [2.75, 3.05) is 11.5 Å². The second-order valence-electron chi connectivity index (χ2n) is 6.46. The molecule has 8 heteroatoms. The number of barbiturate groups is 1. The van der Waals surface area contributed by atoms with Gasteiger partial charge in [0.1, 0.15) is 17.1 Å². The van der Waals surface area contributed by atoms with Crippen molar-refractivity contribution < 1.29 is 23.5 Å². The largest absolute Gasteiger partial charge is 0.494 e. The molecule has 0 saturated carbocycles. The molecular formula is C23H18N2O5S. The van der Waals surface area contributed by atoms with Gasteiger partial charge >= 0.3 is 6.03 Å². The van der Waals surface area contributed by atoms with Gasteiger partial charge in [-0.05, 0) is 61.5 Å². The van der Waals surface area contributed by atoms with Crippen molar-refractivity contribution in [1.82, 2.24) is 5.32 Å². The van der Waals surface area contributed by atoms with Gasteiger partial charge in [0, 0.05) is 4.90 Å². The lowest BCUT2D eigenvalue weighted by molar-refractivity contribution is -0.122. The second-order valence-corrected chi connectivity index (χ2v) is 7.53. The van der Waals surface area contributed by atoms with E-state index in [0.29, 0.717) is 28.9 Å². The molecule has 0 atom stereocenters. The van der Waals surface area contributed by atoms with Crippen molar-refractivity contribution in [3.63, 3.8) is 0 Å². The third kappa shape index (κ3) is 4.54.